The Hall–Kier alpha value is -0.900. The molecule has 3 heteroatoms. The van der Waals surface area contributed by atoms with Gasteiger partial charge >= 0.3 is 0 Å². The molecule has 0 unspecified atom stereocenters. The van der Waals surface area contributed by atoms with Gasteiger partial charge in [0, 0.05) is 38.3 Å². The van der Waals surface area contributed by atoms with Crippen LogP contribution in [-0.4, -0.2) is 55.1 Å². The first kappa shape index (κ1) is 16.5. The van der Waals surface area contributed by atoms with Crippen LogP contribution in [0.25, 0.3) is 0 Å². The summed E-state index contributed by atoms with van der Waals surface area (Å²) < 4.78 is 0. The van der Waals surface area contributed by atoms with E-state index in [-0.39, 0.29) is 0 Å². The number of piperazine rings is 1. The normalized spacial score (nSPS) is 18.1. The fraction of sp³-hybridized carbons (Fsp3) is 0.667. The van der Waals surface area contributed by atoms with Crippen molar-refractivity contribution in [3.05, 3.63) is 35.4 Å². The highest BCUT2D eigenvalue weighted by Crippen LogP contribution is 2.18. The number of rotatable bonds is 5. The fourth-order valence-electron chi connectivity index (χ4n) is 3.03. The first-order chi connectivity index (χ1) is 10.0. The van der Waals surface area contributed by atoms with Crippen molar-refractivity contribution in [2.75, 3.05) is 39.8 Å². The summed E-state index contributed by atoms with van der Waals surface area (Å²) >= 11 is 0. The lowest BCUT2D eigenvalue weighted by molar-refractivity contribution is 0.0590. The van der Waals surface area contributed by atoms with Crippen molar-refractivity contribution in [2.45, 2.75) is 39.3 Å². The SMILES string of the molecule is CNCCc1ccccc1CN1CCN(C(C)(C)C)CC1. The molecule has 0 spiro atoms. The molecule has 2 rings (SSSR count). The van der Waals surface area contributed by atoms with Crippen molar-refractivity contribution in [1.82, 2.24) is 15.1 Å². The molecule has 1 heterocycles. The standard InChI is InChI=1S/C18H31N3/c1-18(2,3)21-13-11-20(12-14-21)15-17-8-6-5-7-16(17)9-10-19-4/h5-8,19H,9-15H2,1-4H3. The van der Waals surface area contributed by atoms with E-state index in [1.807, 2.05) is 7.05 Å². The minimum atomic E-state index is 0.302. The summed E-state index contributed by atoms with van der Waals surface area (Å²) in [4.78, 5) is 5.19. The molecule has 1 aliphatic heterocycles. The van der Waals surface area contributed by atoms with Gasteiger partial charge in [-0.05, 0) is 51.9 Å². The van der Waals surface area contributed by atoms with E-state index in [4.69, 9.17) is 0 Å². The highest BCUT2D eigenvalue weighted by Gasteiger charge is 2.25. The maximum Gasteiger partial charge on any atom is 0.0237 e. The molecule has 1 aromatic rings. The molecule has 21 heavy (non-hydrogen) atoms. The van der Waals surface area contributed by atoms with Crippen LogP contribution in [0.5, 0.6) is 0 Å². The van der Waals surface area contributed by atoms with Gasteiger partial charge in [-0.25, -0.2) is 0 Å². The molecular weight excluding hydrogens is 258 g/mol. The number of hydrogen-bond acceptors (Lipinski definition) is 3. The average Bonchev–Trinajstić information content (AvgIpc) is 2.46. The lowest BCUT2D eigenvalue weighted by atomic mass is 10.0. The minimum Gasteiger partial charge on any atom is -0.319 e. The zero-order valence-electron chi connectivity index (χ0n) is 14.2. The molecule has 0 saturated carbocycles. The molecule has 0 radical (unpaired) electrons. The first-order valence-corrected chi connectivity index (χ1v) is 8.19. The molecule has 0 amide bonds. The van der Waals surface area contributed by atoms with Crippen LogP contribution in [0.1, 0.15) is 31.9 Å². The van der Waals surface area contributed by atoms with Crippen molar-refractivity contribution >= 4 is 0 Å². The Morgan fingerprint density at radius 1 is 1.00 bits per heavy atom. The molecule has 1 fully saturated rings. The topological polar surface area (TPSA) is 18.5 Å². The van der Waals surface area contributed by atoms with Gasteiger partial charge in [0.05, 0.1) is 0 Å². The van der Waals surface area contributed by atoms with Crippen LogP contribution in [0.4, 0.5) is 0 Å². The molecule has 0 atom stereocenters. The Bertz CT molecular complexity index is 428. The van der Waals surface area contributed by atoms with Gasteiger partial charge in [0.25, 0.3) is 0 Å². The van der Waals surface area contributed by atoms with Gasteiger partial charge in [-0.1, -0.05) is 24.3 Å². The molecular formula is C18H31N3. The van der Waals surface area contributed by atoms with Gasteiger partial charge in [-0.2, -0.15) is 0 Å². The predicted molar refractivity (Wildman–Crippen MR) is 90.7 cm³/mol. The second-order valence-corrected chi connectivity index (χ2v) is 7.06. The van der Waals surface area contributed by atoms with E-state index in [0.717, 1.165) is 19.5 Å². The van der Waals surface area contributed by atoms with E-state index in [9.17, 15) is 0 Å². The van der Waals surface area contributed by atoms with Crippen LogP contribution in [0.3, 0.4) is 0 Å². The lowest BCUT2D eigenvalue weighted by Crippen LogP contribution is -2.53. The number of likely N-dealkylation sites (N-methyl/N-ethyl adjacent to an activating group) is 1. The predicted octanol–water partition coefficient (Wildman–Crippen LogP) is 2.36. The van der Waals surface area contributed by atoms with Crippen molar-refractivity contribution < 1.29 is 0 Å². The summed E-state index contributed by atoms with van der Waals surface area (Å²) in [6.45, 7) is 13.8. The van der Waals surface area contributed by atoms with E-state index >= 15 is 0 Å². The summed E-state index contributed by atoms with van der Waals surface area (Å²) in [6.07, 6.45) is 1.12. The highest BCUT2D eigenvalue weighted by molar-refractivity contribution is 5.27. The summed E-state index contributed by atoms with van der Waals surface area (Å²) in [5.74, 6) is 0. The third kappa shape index (κ3) is 4.80. The number of nitrogens with zero attached hydrogens (tertiary/aromatic N) is 2. The minimum absolute atomic E-state index is 0.302. The van der Waals surface area contributed by atoms with Gasteiger partial charge in [-0.3, -0.25) is 9.80 Å². The maximum atomic E-state index is 3.25. The zero-order chi connectivity index (χ0) is 15.3. The first-order valence-electron chi connectivity index (χ1n) is 8.19. The largest absolute Gasteiger partial charge is 0.319 e. The second-order valence-electron chi connectivity index (χ2n) is 7.06. The summed E-state index contributed by atoms with van der Waals surface area (Å²) in [5.41, 5.74) is 3.29. The van der Waals surface area contributed by atoms with Gasteiger partial charge in [0.2, 0.25) is 0 Å². The van der Waals surface area contributed by atoms with Crippen molar-refractivity contribution in [1.29, 1.82) is 0 Å². The molecule has 3 nitrogen and oxygen atoms in total. The molecule has 118 valence electrons. The molecule has 1 aromatic carbocycles. The Labute approximate surface area is 130 Å². The third-order valence-electron chi connectivity index (χ3n) is 4.48. The van der Waals surface area contributed by atoms with Gasteiger partial charge in [-0.15, -0.1) is 0 Å². The molecule has 1 N–H and O–H groups in total. The van der Waals surface area contributed by atoms with Crippen LogP contribution in [0.2, 0.25) is 0 Å². The third-order valence-corrected chi connectivity index (χ3v) is 4.48. The van der Waals surface area contributed by atoms with Crippen LogP contribution in [0, 0.1) is 0 Å². The zero-order valence-corrected chi connectivity index (χ0v) is 14.2. The number of benzene rings is 1. The van der Waals surface area contributed by atoms with E-state index in [0.29, 0.717) is 5.54 Å². The van der Waals surface area contributed by atoms with Crippen LogP contribution in [0.15, 0.2) is 24.3 Å². The Balaban J connectivity index is 1.91. The summed E-state index contributed by atoms with van der Waals surface area (Å²) in [7, 11) is 2.02. The van der Waals surface area contributed by atoms with E-state index in [2.05, 4.69) is 60.2 Å². The van der Waals surface area contributed by atoms with E-state index < -0.39 is 0 Å². The van der Waals surface area contributed by atoms with Crippen LogP contribution in [-0.2, 0) is 13.0 Å². The van der Waals surface area contributed by atoms with Gasteiger partial charge in [0.1, 0.15) is 0 Å². The smallest absolute Gasteiger partial charge is 0.0237 e. The van der Waals surface area contributed by atoms with Gasteiger partial charge < -0.3 is 5.32 Å². The molecule has 0 bridgehead atoms. The number of nitrogens with one attached hydrogen (secondary N) is 1. The van der Waals surface area contributed by atoms with Gasteiger partial charge in [0.15, 0.2) is 0 Å². The molecule has 1 aliphatic rings. The lowest BCUT2D eigenvalue weighted by Gasteiger charge is -2.42. The molecule has 0 aliphatic carbocycles. The highest BCUT2D eigenvalue weighted by atomic mass is 15.3. The Kier molecular flexibility index (Phi) is 5.80. The number of hydrogen-bond donors (Lipinski definition) is 1. The molecule has 1 saturated heterocycles. The molecule has 0 aromatic heterocycles. The van der Waals surface area contributed by atoms with Crippen molar-refractivity contribution in [3.63, 3.8) is 0 Å². The summed E-state index contributed by atoms with van der Waals surface area (Å²) in [6, 6.07) is 8.90. The quantitative estimate of drug-likeness (QED) is 0.898. The van der Waals surface area contributed by atoms with E-state index in [1.165, 1.54) is 37.3 Å². The summed E-state index contributed by atoms with van der Waals surface area (Å²) in [5, 5.41) is 3.25. The van der Waals surface area contributed by atoms with Crippen LogP contribution >= 0.6 is 0 Å². The monoisotopic (exact) mass is 289 g/mol. The average molecular weight is 289 g/mol. The second kappa shape index (κ2) is 7.39. The van der Waals surface area contributed by atoms with Crippen molar-refractivity contribution in [3.8, 4) is 0 Å². The maximum absolute atomic E-state index is 3.25. The van der Waals surface area contributed by atoms with Crippen LogP contribution < -0.4 is 5.32 Å². The fourth-order valence-corrected chi connectivity index (χ4v) is 3.03. The van der Waals surface area contributed by atoms with Crippen molar-refractivity contribution in [2.24, 2.45) is 0 Å². The van der Waals surface area contributed by atoms with E-state index in [1.54, 1.807) is 0 Å². The Morgan fingerprint density at radius 2 is 1.62 bits per heavy atom. The Morgan fingerprint density at radius 3 is 2.19 bits per heavy atom.